The van der Waals surface area contributed by atoms with Crippen molar-refractivity contribution in [3.8, 4) is 0 Å². The van der Waals surface area contributed by atoms with Gasteiger partial charge in [0.1, 0.15) is 0 Å². The summed E-state index contributed by atoms with van der Waals surface area (Å²) in [4.78, 5) is 19.1. The fourth-order valence-corrected chi connectivity index (χ4v) is 3.34. The summed E-state index contributed by atoms with van der Waals surface area (Å²) >= 11 is 0. The average Bonchev–Trinajstić information content (AvgIpc) is 2.88. The number of pyridine rings is 1. The molecule has 0 spiro atoms. The Morgan fingerprint density at radius 2 is 2.00 bits per heavy atom. The van der Waals surface area contributed by atoms with Crippen molar-refractivity contribution >= 4 is 16.8 Å². The first kappa shape index (κ1) is 16.2. The van der Waals surface area contributed by atoms with E-state index in [2.05, 4.69) is 28.6 Å². The van der Waals surface area contributed by atoms with Crippen LogP contribution in [0.4, 0.5) is 0 Å². The lowest BCUT2D eigenvalue weighted by molar-refractivity contribution is 0.0785. The van der Waals surface area contributed by atoms with Crippen LogP contribution in [0.25, 0.3) is 10.9 Å². The van der Waals surface area contributed by atoms with Crippen LogP contribution in [0.2, 0.25) is 0 Å². The highest BCUT2D eigenvalue weighted by molar-refractivity contribution is 5.95. The number of carbonyl (C=O) groups is 1. The Labute approximate surface area is 142 Å². The van der Waals surface area contributed by atoms with Crippen LogP contribution in [-0.4, -0.2) is 27.4 Å². The van der Waals surface area contributed by atoms with Gasteiger partial charge in [-0.05, 0) is 44.5 Å². The minimum absolute atomic E-state index is 0.0590. The second-order valence-corrected chi connectivity index (χ2v) is 6.18. The number of aryl methyl sites for hydroxylation is 1. The normalized spacial score (nSPS) is 11.0. The molecule has 0 fully saturated rings. The smallest absolute Gasteiger partial charge is 0.255 e. The molecule has 24 heavy (non-hydrogen) atoms. The second kappa shape index (κ2) is 6.48. The number of hydrogen-bond donors (Lipinski definition) is 0. The predicted octanol–water partition coefficient (Wildman–Crippen LogP) is 3.95. The molecule has 0 atom stereocenters. The summed E-state index contributed by atoms with van der Waals surface area (Å²) in [5.74, 6) is 0.0590. The largest absolute Gasteiger partial charge is 0.349 e. The number of carbonyl (C=O) groups excluding carboxylic acids is 1. The molecule has 0 aliphatic rings. The van der Waals surface area contributed by atoms with E-state index < -0.39 is 0 Å². The summed E-state index contributed by atoms with van der Waals surface area (Å²) in [5, 5.41) is 1.10. The molecule has 0 bridgehead atoms. The van der Waals surface area contributed by atoms with Crippen LogP contribution < -0.4 is 0 Å². The van der Waals surface area contributed by atoms with E-state index >= 15 is 0 Å². The average molecular weight is 321 g/mol. The molecule has 3 rings (SSSR count). The first-order valence-corrected chi connectivity index (χ1v) is 8.27. The van der Waals surface area contributed by atoms with Crippen molar-refractivity contribution in [1.82, 2.24) is 14.5 Å². The van der Waals surface area contributed by atoms with E-state index in [4.69, 9.17) is 0 Å². The molecular formula is C20H23N3O. The zero-order valence-electron chi connectivity index (χ0n) is 14.7. The van der Waals surface area contributed by atoms with Gasteiger partial charge in [0.2, 0.25) is 0 Å². The number of nitrogens with zero attached hydrogens (tertiary/aromatic N) is 3. The van der Waals surface area contributed by atoms with E-state index in [1.807, 2.05) is 45.2 Å². The summed E-state index contributed by atoms with van der Waals surface area (Å²) in [7, 11) is 1.86. The number of amides is 1. The highest BCUT2D eigenvalue weighted by Crippen LogP contribution is 2.21. The molecule has 0 radical (unpaired) electrons. The zero-order chi connectivity index (χ0) is 17.3. The van der Waals surface area contributed by atoms with Crippen LogP contribution in [-0.2, 0) is 13.1 Å². The quantitative estimate of drug-likeness (QED) is 0.730. The molecule has 4 heteroatoms. The summed E-state index contributed by atoms with van der Waals surface area (Å²) < 4.78 is 2.17. The Balaban J connectivity index is 1.89. The molecule has 124 valence electrons. The molecule has 0 unspecified atom stereocenters. The molecule has 2 aromatic heterocycles. The maximum absolute atomic E-state index is 12.9. The van der Waals surface area contributed by atoms with Gasteiger partial charge in [0.15, 0.2) is 0 Å². The van der Waals surface area contributed by atoms with Crippen molar-refractivity contribution in [2.24, 2.45) is 0 Å². The SMILES string of the molecule is CCn1c(C)cc(C(=O)N(C)Cc2cccc3ncccc23)c1C. The van der Waals surface area contributed by atoms with Gasteiger partial charge in [0, 0.05) is 43.1 Å². The Morgan fingerprint density at radius 3 is 2.71 bits per heavy atom. The molecule has 1 amide bonds. The first-order chi connectivity index (χ1) is 11.5. The standard InChI is InChI=1S/C20H23N3O/c1-5-23-14(2)12-18(15(23)3)20(24)22(4)13-16-8-6-10-19-17(16)9-7-11-21-19/h6-12H,5,13H2,1-4H3. The number of benzene rings is 1. The summed E-state index contributed by atoms with van der Waals surface area (Å²) in [6.07, 6.45) is 1.79. The maximum Gasteiger partial charge on any atom is 0.255 e. The van der Waals surface area contributed by atoms with Gasteiger partial charge < -0.3 is 9.47 Å². The van der Waals surface area contributed by atoms with E-state index in [0.717, 1.165) is 40.0 Å². The van der Waals surface area contributed by atoms with Crippen LogP contribution in [0.1, 0.15) is 34.2 Å². The topological polar surface area (TPSA) is 38.1 Å². The monoisotopic (exact) mass is 321 g/mol. The van der Waals surface area contributed by atoms with E-state index in [1.54, 1.807) is 11.1 Å². The minimum atomic E-state index is 0.0590. The van der Waals surface area contributed by atoms with Gasteiger partial charge in [-0.1, -0.05) is 18.2 Å². The van der Waals surface area contributed by atoms with Gasteiger partial charge >= 0.3 is 0 Å². The number of aromatic nitrogens is 2. The van der Waals surface area contributed by atoms with Gasteiger partial charge in [-0.25, -0.2) is 0 Å². The lowest BCUT2D eigenvalue weighted by Gasteiger charge is -2.18. The van der Waals surface area contributed by atoms with E-state index in [0.29, 0.717) is 6.54 Å². The number of fused-ring (bicyclic) bond motifs is 1. The van der Waals surface area contributed by atoms with E-state index in [1.165, 1.54) is 0 Å². The Morgan fingerprint density at radius 1 is 1.21 bits per heavy atom. The van der Waals surface area contributed by atoms with Crippen molar-refractivity contribution in [3.05, 3.63) is 65.1 Å². The van der Waals surface area contributed by atoms with Crippen molar-refractivity contribution < 1.29 is 4.79 Å². The van der Waals surface area contributed by atoms with Crippen LogP contribution in [0, 0.1) is 13.8 Å². The third kappa shape index (κ3) is 2.80. The lowest BCUT2D eigenvalue weighted by atomic mass is 10.1. The van der Waals surface area contributed by atoms with Crippen molar-refractivity contribution in [3.63, 3.8) is 0 Å². The van der Waals surface area contributed by atoms with Gasteiger partial charge in [0.05, 0.1) is 11.1 Å². The molecule has 0 aliphatic carbocycles. The van der Waals surface area contributed by atoms with Crippen LogP contribution in [0.5, 0.6) is 0 Å². The minimum Gasteiger partial charge on any atom is -0.349 e. The highest BCUT2D eigenvalue weighted by atomic mass is 16.2. The third-order valence-electron chi connectivity index (χ3n) is 4.61. The van der Waals surface area contributed by atoms with Crippen molar-refractivity contribution in [2.45, 2.75) is 33.9 Å². The van der Waals surface area contributed by atoms with E-state index in [-0.39, 0.29) is 5.91 Å². The molecular weight excluding hydrogens is 298 g/mol. The van der Waals surface area contributed by atoms with Gasteiger partial charge in [-0.2, -0.15) is 0 Å². The molecule has 1 aromatic carbocycles. The second-order valence-electron chi connectivity index (χ2n) is 6.18. The van der Waals surface area contributed by atoms with Crippen molar-refractivity contribution in [2.75, 3.05) is 7.05 Å². The van der Waals surface area contributed by atoms with Crippen LogP contribution >= 0.6 is 0 Å². The fourth-order valence-electron chi connectivity index (χ4n) is 3.34. The van der Waals surface area contributed by atoms with E-state index in [9.17, 15) is 4.79 Å². The molecule has 2 heterocycles. The van der Waals surface area contributed by atoms with Crippen LogP contribution in [0.3, 0.4) is 0 Å². The van der Waals surface area contributed by atoms with Gasteiger partial charge in [-0.3, -0.25) is 9.78 Å². The number of hydrogen-bond acceptors (Lipinski definition) is 2. The molecule has 3 aromatic rings. The Bertz CT molecular complexity index is 890. The summed E-state index contributed by atoms with van der Waals surface area (Å²) in [6, 6.07) is 12.0. The summed E-state index contributed by atoms with van der Waals surface area (Å²) in [5.41, 5.74) is 5.02. The third-order valence-corrected chi connectivity index (χ3v) is 4.61. The van der Waals surface area contributed by atoms with Crippen molar-refractivity contribution in [1.29, 1.82) is 0 Å². The molecule has 0 aliphatic heterocycles. The molecule has 0 N–H and O–H groups in total. The van der Waals surface area contributed by atoms with Gasteiger partial charge in [-0.15, -0.1) is 0 Å². The Hall–Kier alpha value is -2.62. The first-order valence-electron chi connectivity index (χ1n) is 8.27. The van der Waals surface area contributed by atoms with Gasteiger partial charge in [0.25, 0.3) is 5.91 Å². The summed E-state index contributed by atoms with van der Waals surface area (Å²) in [6.45, 7) is 7.60. The molecule has 0 saturated heterocycles. The maximum atomic E-state index is 12.9. The fraction of sp³-hybridized carbons (Fsp3) is 0.300. The Kier molecular flexibility index (Phi) is 4.38. The zero-order valence-corrected chi connectivity index (χ0v) is 14.7. The molecule has 0 saturated carbocycles. The highest BCUT2D eigenvalue weighted by Gasteiger charge is 2.19. The van der Waals surface area contributed by atoms with Crippen LogP contribution in [0.15, 0.2) is 42.6 Å². The number of rotatable bonds is 4. The lowest BCUT2D eigenvalue weighted by Crippen LogP contribution is -2.26. The predicted molar refractivity (Wildman–Crippen MR) is 97.1 cm³/mol. The molecule has 4 nitrogen and oxygen atoms in total.